The summed E-state index contributed by atoms with van der Waals surface area (Å²) >= 11 is 0. The highest BCUT2D eigenvalue weighted by atomic mass is 16.2. The summed E-state index contributed by atoms with van der Waals surface area (Å²) in [5.41, 5.74) is 1.54. The molecule has 15 heavy (non-hydrogen) atoms. The molecule has 0 aliphatic carbocycles. The highest BCUT2D eigenvalue weighted by Gasteiger charge is 2.23. The van der Waals surface area contributed by atoms with Gasteiger partial charge in [-0.05, 0) is 13.3 Å². The second-order valence-corrected chi connectivity index (χ2v) is 4.63. The molecule has 0 aromatic heterocycles. The van der Waals surface area contributed by atoms with Gasteiger partial charge >= 0.3 is 0 Å². The largest absolute Gasteiger partial charge is 0.337 e. The van der Waals surface area contributed by atoms with Crippen molar-refractivity contribution < 1.29 is 4.79 Å². The summed E-state index contributed by atoms with van der Waals surface area (Å²) in [4.78, 5) is 13.3. The maximum atomic E-state index is 11.3. The molecule has 1 aliphatic heterocycles. The van der Waals surface area contributed by atoms with Gasteiger partial charge in [0.25, 0.3) is 0 Å². The van der Waals surface area contributed by atoms with E-state index in [-0.39, 0.29) is 11.9 Å². The van der Waals surface area contributed by atoms with Gasteiger partial charge in [0.1, 0.15) is 0 Å². The number of amides is 1. The molecule has 2 nitrogen and oxygen atoms in total. The Balaban J connectivity index is 2.64. The van der Waals surface area contributed by atoms with Gasteiger partial charge in [-0.3, -0.25) is 4.79 Å². The van der Waals surface area contributed by atoms with E-state index in [0.29, 0.717) is 6.71 Å². The van der Waals surface area contributed by atoms with E-state index in [1.807, 2.05) is 4.90 Å². The van der Waals surface area contributed by atoms with E-state index in [1.54, 1.807) is 12.4 Å². The third kappa shape index (κ3) is 3.12. The Morgan fingerprint density at radius 2 is 2.33 bits per heavy atom. The molecule has 1 heterocycles. The minimum atomic E-state index is 0.195. The van der Waals surface area contributed by atoms with Crippen molar-refractivity contribution in [3.8, 4) is 0 Å². The van der Waals surface area contributed by atoms with Crippen molar-refractivity contribution in [1.29, 1.82) is 0 Å². The highest BCUT2D eigenvalue weighted by molar-refractivity contribution is 6.65. The Morgan fingerprint density at radius 3 is 2.80 bits per heavy atom. The zero-order chi connectivity index (χ0) is 11.4. The number of nitrogens with zero attached hydrogens (tertiary/aromatic N) is 1. The average Bonchev–Trinajstić information content (AvgIpc) is 2.17. The van der Waals surface area contributed by atoms with Crippen molar-refractivity contribution in [1.82, 2.24) is 4.90 Å². The smallest absolute Gasteiger partial charge is 0.219 e. The molecule has 0 spiro atoms. The van der Waals surface area contributed by atoms with Crippen molar-refractivity contribution in [2.24, 2.45) is 0 Å². The molecule has 1 rings (SSSR count). The zero-order valence-corrected chi connectivity index (χ0v) is 10.4. The third-order valence-corrected chi connectivity index (χ3v) is 3.35. The zero-order valence-electron chi connectivity index (χ0n) is 10.4. The van der Waals surface area contributed by atoms with E-state index in [4.69, 9.17) is 0 Å². The molecule has 0 saturated carbocycles. The van der Waals surface area contributed by atoms with Crippen molar-refractivity contribution in [3.05, 3.63) is 11.5 Å². The van der Waals surface area contributed by atoms with Crippen LogP contribution in [0.25, 0.3) is 0 Å². The Labute approximate surface area is 93.8 Å². The van der Waals surface area contributed by atoms with Crippen molar-refractivity contribution in [3.63, 3.8) is 0 Å². The number of hydrogen-bond acceptors (Lipinski definition) is 1. The lowest BCUT2D eigenvalue weighted by Gasteiger charge is -2.33. The van der Waals surface area contributed by atoms with Gasteiger partial charge in [-0.15, -0.1) is 5.47 Å². The maximum Gasteiger partial charge on any atom is 0.219 e. The molecular formula is C12H22BNO. The molecule has 0 aromatic rings. The van der Waals surface area contributed by atoms with Crippen LogP contribution in [0.2, 0.25) is 13.1 Å². The predicted molar refractivity (Wildman–Crippen MR) is 66.3 cm³/mol. The molecule has 1 aliphatic rings. The summed E-state index contributed by atoms with van der Waals surface area (Å²) in [6, 6.07) is 0.283. The molecule has 84 valence electrons. The Kier molecular flexibility index (Phi) is 4.43. The van der Waals surface area contributed by atoms with Gasteiger partial charge in [-0.2, -0.15) is 0 Å². The summed E-state index contributed by atoms with van der Waals surface area (Å²) in [6.45, 7) is 9.88. The first kappa shape index (κ1) is 12.3. The summed E-state index contributed by atoms with van der Waals surface area (Å²) in [7, 11) is 0. The second-order valence-electron chi connectivity index (χ2n) is 4.63. The van der Waals surface area contributed by atoms with E-state index < -0.39 is 0 Å². The first-order valence-corrected chi connectivity index (χ1v) is 6.04. The summed E-state index contributed by atoms with van der Waals surface area (Å²) in [6.07, 6.45) is 5.85. The quantitative estimate of drug-likeness (QED) is 0.651. The normalized spacial score (nSPS) is 21.2. The minimum Gasteiger partial charge on any atom is -0.337 e. The molecule has 0 N–H and O–H groups in total. The Morgan fingerprint density at radius 1 is 1.67 bits per heavy atom. The van der Waals surface area contributed by atoms with Gasteiger partial charge in [-0.25, -0.2) is 0 Å². The van der Waals surface area contributed by atoms with Gasteiger partial charge in [-0.1, -0.05) is 32.6 Å². The molecule has 0 saturated heterocycles. The lowest BCUT2D eigenvalue weighted by atomic mass is 9.42. The number of rotatable bonds is 3. The monoisotopic (exact) mass is 207 g/mol. The number of carbonyl (C=O) groups is 1. The first-order chi connectivity index (χ1) is 7.06. The molecule has 0 fully saturated rings. The van der Waals surface area contributed by atoms with Crippen molar-refractivity contribution in [2.45, 2.75) is 52.8 Å². The van der Waals surface area contributed by atoms with Crippen LogP contribution >= 0.6 is 0 Å². The Hall–Kier alpha value is -0.725. The predicted octanol–water partition coefficient (Wildman–Crippen LogP) is 2.63. The van der Waals surface area contributed by atoms with Gasteiger partial charge in [0.15, 0.2) is 6.71 Å². The molecule has 0 radical (unpaired) electrons. The van der Waals surface area contributed by atoms with E-state index in [1.165, 1.54) is 12.7 Å². The van der Waals surface area contributed by atoms with Crippen LogP contribution in [0.3, 0.4) is 0 Å². The molecule has 0 bridgehead atoms. The summed E-state index contributed by atoms with van der Waals surface area (Å²) in [5, 5.41) is 0. The SMILES string of the molecule is CCCB(C)C1=CC(C)N(C(C)=O)CC1. The van der Waals surface area contributed by atoms with E-state index in [0.717, 1.165) is 13.0 Å². The topological polar surface area (TPSA) is 20.3 Å². The highest BCUT2D eigenvalue weighted by Crippen LogP contribution is 2.20. The Bertz CT molecular complexity index is 262. The summed E-state index contributed by atoms with van der Waals surface area (Å²) in [5.74, 6) is 0.195. The fraction of sp³-hybridized carbons (Fsp3) is 0.750. The molecule has 1 unspecified atom stereocenters. The number of hydrogen-bond donors (Lipinski definition) is 0. The van der Waals surface area contributed by atoms with Crippen molar-refractivity contribution in [2.75, 3.05) is 6.54 Å². The minimum absolute atomic E-state index is 0.195. The van der Waals surface area contributed by atoms with Crippen molar-refractivity contribution >= 4 is 12.6 Å². The van der Waals surface area contributed by atoms with E-state index in [2.05, 4.69) is 26.7 Å². The van der Waals surface area contributed by atoms with Crippen LogP contribution in [-0.2, 0) is 4.79 Å². The van der Waals surface area contributed by atoms with Gasteiger partial charge in [0.2, 0.25) is 5.91 Å². The molecule has 0 aromatic carbocycles. The summed E-state index contributed by atoms with van der Waals surface area (Å²) < 4.78 is 0. The molecule has 1 amide bonds. The average molecular weight is 207 g/mol. The number of carbonyl (C=O) groups excluding carboxylic acids is 1. The molecule has 3 heteroatoms. The fourth-order valence-corrected chi connectivity index (χ4v) is 2.41. The maximum absolute atomic E-state index is 11.3. The van der Waals surface area contributed by atoms with Crippen LogP contribution in [0.15, 0.2) is 11.5 Å². The van der Waals surface area contributed by atoms with Crippen LogP contribution in [0.5, 0.6) is 0 Å². The lowest BCUT2D eigenvalue weighted by molar-refractivity contribution is -0.130. The van der Waals surface area contributed by atoms with Crippen LogP contribution in [-0.4, -0.2) is 30.1 Å². The van der Waals surface area contributed by atoms with Gasteiger partial charge in [0.05, 0.1) is 0 Å². The third-order valence-electron chi connectivity index (χ3n) is 3.35. The first-order valence-electron chi connectivity index (χ1n) is 6.04. The standard InChI is InChI=1S/C12H22BNO/c1-5-7-13(4)12-6-8-14(11(3)15)10(2)9-12/h9-10H,5-8H2,1-4H3. The van der Waals surface area contributed by atoms with Crippen LogP contribution < -0.4 is 0 Å². The van der Waals surface area contributed by atoms with Crippen LogP contribution in [0, 0.1) is 0 Å². The molecule has 1 atom stereocenters. The van der Waals surface area contributed by atoms with Gasteiger partial charge < -0.3 is 4.90 Å². The van der Waals surface area contributed by atoms with Gasteiger partial charge in [0, 0.05) is 19.5 Å². The van der Waals surface area contributed by atoms with E-state index >= 15 is 0 Å². The van der Waals surface area contributed by atoms with Crippen LogP contribution in [0.1, 0.15) is 33.6 Å². The lowest BCUT2D eigenvalue weighted by Crippen LogP contribution is -2.41. The second kappa shape index (κ2) is 5.38. The van der Waals surface area contributed by atoms with Crippen LogP contribution in [0.4, 0.5) is 0 Å². The van der Waals surface area contributed by atoms with E-state index in [9.17, 15) is 4.79 Å². The fourth-order valence-electron chi connectivity index (χ4n) is 2.41. The molecular weight excluding hydrogens is 185 g/mol.